The van der Waals surface area contributed by atoms with E-state index in [1.54, 1.807) is 15.7 Å². The summed E-state index contributed by atoms with van der Waals surface area (Å²) in [5.74, 6) is -3.60. The molecule has 0 spiro atoms. The molecule has 4 heterocycles. The number of allylic oxidation sites excluding steroid dienone is 1. The van der Waals surface area contributed by atoms with Crippen LogP contribution in [0.15, 0.2) is 54.4 Å². The summed E-state index contributed by atoms with van der Waals surface area (Å²) in [5, 5.41) is 14.8. The maximum absolute atomic E-state index is 15.5. The molecular weight excluding hydrogens is 575 g/mol. The molecule has 0 bridgehead atoms. The highest BCUT2D eigenvalue weighted by Crippen LogP contribution is 2.37. The third kappa shape index (κ3) is 5.68. The number of hydrogen-bond acceptors (Lipinski definition) is 8. The molecular formula is C31H28F3N7O3. The lowest BCUT2D eigenvalue weighted by Gasteiger charge is -2.33. The molecule has 1 atom stereocenters. The molecule has 2 aliphatic heterocycles. The van der Waals surface area contributed by atoms with Crippen LogP contribution in [0.2, 0.25) is 0 Å². The fourth-order valence-electron chi connectivity index (χ4n) is 5.66. The Balaban J connectivity index is 1.30. The molecule has 10 nitrogen and oxygen atoms in total. The van der Waals surface area contributed by atoms with Crippen LogP contribution in [0, 0.1) is 34.7 Å². The van der Waals surface area contributed by atoms with Gasteiger partial charge >= 0.3 is 0 Å². The van der Waals surface area contributed by atoms with Crippen molar-refractivity contribution in [2.45, 2.75) is 31.7 Å². The third-order valence-electron chi connectivity index (χ3n) is 7.91. The summed E-state index contributed by atoms with van der Waals surface area (Å²) in [4.78, 5) is 23.5. The van der Waals surface area contributed by atoms with Gasteiger partial charge in [-0.3, -0.25) is 4.79 Å². The van der Waals surface area contributed by atoms with E-state index < -0.39 is 17.5 Å². The quantitative estimate of drug-likeness (QED) is 0.231. The van der Waals surface area contributed by atoms with Crippen LogP contribution < -0.4 is 10.5 Å². The van der Waals surface area contributed by atoms with Crippen LogP contribution in [0.3, 0.4) is 0 Å². The minimum absolute atomic E-state index is 0.0488. The van der Waals surface area contributed by atoms with E-state index in [0.29, 0.717) is 43.6 Å². The first kappa shape index (κ1) is 29.1. The van der Waals surface area contributed by atoms with Crippen LogP contribution in [-0.4, -0.2) is 56.9 Å². The molecule has 2 saturated heterocycles. The number of anilines is 1. The van der Waals surface area contributed by atoms with E-state index in [9.17, 15) is 18.8 Å². The van der Waals surface area contributed by atoms with Crippen molar-refractivity contribution in [1.29, 1.82) is 5.26 Å². The molecule has 2 fully saturated rings. The highest BCUT2D eigenvalue weighted by Gasteiger charge is 2.31. The van der Waals surface area contributed by atoms with Crippen molar-refractivity contribution in [2.24, 2.45) is 5.92 Å². The zero-order valence-electron chi connectivity index (χ0n) is 23.5. The molecule has 4 aromatic rings. The lowest BCUT2D eigenvalue weighted by Crippen LogP contribution is -2.41. The van der Waals surface area contributed by atoms with Gasteiger partial charge in [-0.05, 0) is 55.9 Å². The average molecular weight is 604 g/mol. The van der Waals surface area contributed by atoms with Gasteiger partial charge in [0, 0.05) is 37.9 Å². The van der Waals surface area contributed by atoms with Crippen molar-refractivity contribution in [3.63, 3.8) is 0 Å². The van der Waals surface area contributed by atoms with Gasteiger partial charge in [0.1, 0.15) is 41.0 Å². The van der Waals surface area contributed by atoms with Gasteiger partial charge in [0.2, 0.25) is 5.82 Å². The van der Waals surface area contributed by atoms with Crippen LogP contribution in [0.1, 0.15) is 31.7 Å². The van der Waals surface area contributed by atoms with E-state index in [-0.39, 0.29) is 58.6 Å². The van der Waals surface area contributed by atoms with Crippen molar-refractivity contribution >= 4 is 22.8 Å². The number of nitriles is 1. The van der Waals surface area contributed by atoms with Crippen molar-refractivity contribution in [3.05, 3.63) is 71.8 Å². The second-order valence-corrected chi connectivity index (χ2v) is 10.7. The zero-order valence-corrected chi connectivity index (χ0v) is 23.5. The molecule has 0 unspecified atom stereocenters. The smallest absolute Gasteiger partial charge is 0.264 e. The molecule has 0 aliphatic carbocycles. The minimum Gasteiger partial charge on any atom is -0.454 e. The molecule has 2 aliphatic rings. The summed E-state index contributed by atoms with van der Waals surface area (Å²) in [5.41, 5.74) is 6.95. The number of nitrogen functional groups attached to an aromatic ring is 1. The molecule has 226 valence electrons. The normalized spacial score (nSPS) is 17.9. The molecule has 2 aromatic heterocycles. The van der Waals surface area contributed by atoms with Gasteiger partial charge in [0.25, 0.3) is 5.91 Å². The number of carbonyl (C=O) groups excluding carboxylic acids is 1. The van der Waals surface area contributed by atoms with Crippen LogP contribution in [-0.2, 0) is 9.53 Å². The van der Waals surface area contributed by atoms with E-state index >= 15 is 4.39 Å². The fraction of sp³-hybridized carbons (Fsp3) is 0.323. The minimum atomic E-state index is -1.19. The summed E-state index contributed by atoms with van der Waals surface area (Å²) in [6.07, 6.45) is 5.87. The molecule has 13 heteroatoms. The molecule has 0 radical (unpaired) electrons. The van der Waals surface area contributed by atoms with Crippen molar-refractivity contribution < 1.29 is 27.4 Å². The second-order valence-electron chi connectivity index (χ2n) is 10.7. The maximum atomic E-state index is 15.5. The lowest BCUT2D eigenvalue weighted by molar-refractivity contribution is -0.128. The number of nitrogens with zero attached hydrogens (tertiary/aromatic N) is 6. The Morgan fingerprint density at radius 2 is 1.93 bits per heavy atom. The van der Waals surface area contributed by atoms with Crippen LogP contribution >= 0.6 is 0 Å². The van der Waals surface area contributed by atoms with Crippen LogP contribution in [0.25, 0.3) is 22.3 Å². The van der Waals surface area contributed by atoms with Gasteiger partial charge in [0.05, 0.1) is 11.4 Å². The van der Waals surface area contributed by atoms with Crippen LogP contribution in [0.5, 0.6) is 11.5 Å². The van der Waals surface area contributed by atoms with Gasteiger partial charge in [-0.25, -0.2) is 23.4 Å². The summed E-state index contributed by atoms with van der Waals surface area (Å²) >= 11 is 0. The number of hydrogen-bond donors (Lipinski definition) is 1. The summed E-state index contributed by atoms with van der Waals surface area (Å²) in [6, 6.07) is 9.06. The van der Waals surface area contributed by atoms with Gasteiger partial charge in [-0.2, -0.15) is 14.8 Å². The molecule has 44 heavy (non-hydrogen) atoms. The maximum Gasteiger partial charge on any atom is 0.264 e. The number of amides is 1. The van der Waals surface area contributed by atoms with Crippen molar-refractivity contribution in [3.8, 4) is 28.8 Å². The number of rotatable bonds is 6. The van der Waals surface area contributed by atoms with Crippen molar-refractivity contribution in [1.82, 2.24) is 24.6 Å². The predicted molar refractivity (Wildman–Crippen MR) is 154 cm³/mol. The predicted octanol–water partition coefficient (Wildman–Crippen LogP) is 5.33. The lowest BCUT2D eigenvalue weighted by atomic mass is 9.96. The third-order valence-corrected chi connectivity index (χ3v) is 7.91. The monoisotopic (exact) mass is 603 g/mol. The van der Waals surface area contributed by atoms with Gasteiger partial charge < -0.3 is 20.1 Å². The SMILES string of the molecule is N#CC(=CC1CCOCC1)C(=O)N1CCC[C@H](n2nc(-c3ccc(Oc4cccc(F)c4F)cc3F)c3c(N)ncnc32)C1. The number of nitrogens with two attached hydrogens (primary N) is 1. The van der Waals surface area contributed by atoms with E-state index in [1.807, 2.05) is 0 Å². The Hall–Kier alpha value is -4.96. The Morgan fingerprint density at radius 1 is 1.11 bits per heavy atom. The van der Waals surface area contributed by atoms with Crippen molar-refractivity contribution in [2.75, 3.05) is 32.0 Å². The van der Waals surface area contributed by atoms with E-state index in [2.05, 4.69) is 16.0 Å². The van der Waals surface area contributed by atoms with E-state index in [4.69, 9.17) is 20.3 Å². The largest absolute Gasteiger partial charge is 0.454 e. The average Bonchev–Trinajstić information content (AvgIpc) is 3.43. The van der Waals surface area contributed by atoms with Gasteiger partial charge in [-0.15, -0.1) is 0 Å². The summed E-state index contributed by atoms with van der Waals surface area (Å²) in [6.45, 7) is 1.94. The number of carbonyl (C=O) groups is 1. The standard InChI is InChI=1S/C31H28F3N7O3/c32-23-4-1-5-25(27(23)34)44-21-6-7-22(24(33)14-21)28-26-29(36)37-17-38-30(26)41(39-28)20-3-2-10-40(16-20)31(42)19(15-35)13-18-8-11-43-12-9-18/h1,4-7,13-14,17-18,20H,2-3,8-12,16H2,(H2,36,37,38)/t20-/m0/s1. The number of halogens is 3. The molecule has 2 N–H and O–H groups in total. The zero-order chi connectivity index (χ0) is 30.8. The topological polar surface area (TPSA) is 132 Å². The summed E-state index contributed by atoms with van der Waals surface area (Å²) < 4.78 is 55.6. The first-order valence-corrected chi connectivity index (χ1v) is 14.2. The van der Waals surface area contributed by atoms with Crippen LogP contribution in [0.4, 0.5) is 19.0 Å². The number of likely N-dealkylation sites (tertiary alicyclic amines) is 1. The highest BCUT2D eigenvalue weighted by molar-refractivity contribution is 5.99. The number of aromatic nitrogens is 4. The first-order chi connectivity index (χ1) is 21.3. The molecule has 2 aromatic carbocycles. The molecule has 1 amide bonds. The fourth-order valence-corrected chi connectivity index (χ4v) is 5.66. The number of benzene rings is 2. The van der Waals surface area contributed by atoms with E-state index in [1.165, 1.54) is 30.6 Å². The second kappa shape index (κ2) is 12.3. The Bertz CT molecular complexity index is 1800. The van der Waals surface area contributed by atoms with Gasteiger partial charge in [-0.1, -0.05) is 12.1 Å². The number of ether oxygens (including phenoxy) is 2. The Labute approximate surface area is 250 Å². The Kier molecular flexibility index (Phi) is 8.17. The van der Waals surface area contributed by atoms with E-state index in [0.717, 1.165) is 25.0 Å². The number of fused-ring (bicyclic) bond motifs is 1. The molecule has 0 saturated carbocycles. The highest BCUT2D eigenvalue weighted by atomic mass is 19.2. The Morgan fingerprint density at radius 3 is 2.70 bits per heavy atom. The first-order valence-electron chi connectivity index (χ1n) is 14.2. The van der Waals surface area contributed by atoms with Gasteiger partial charge in [0.15, 0.2) is 17.2 Å². The summed E-state index contributed by atoms with van der Waals surface area (Å²) in [7, 11) is 0. The number of piperidine rings is 1. The molecule has 6 rings (SSSR count).